The Labute approximate surface area is 219 Å². The summed E-state index contributed by atoms with van der Waals surface area (Å²) in [7, 11) is 0. The molecule has 3 heterocycles. The summed E-state index contributed by atoms with van der Waals surface area (Å²) in [5, 5.41) is 4.93. The summed E-state index contributed by atoms with van der Waals surface area (Å²) >= 11 is 0. The molecule has 2 aromatic heterocycles. The number of primary amides is 1. The Hall–Kier alpha value is -3.72. The maximum atomic E-state index is 16.4. The number of amides is 2. The van der Waals surface area contributed by atoms with Crippen LogP contribution < -0.4 is 5.73 Å². The van der Waals surface area contributed by atoms with Crippen LogP contribution >= 0.6 is 0 Å². The van der Waals surface area contributed by atoms with Gasteiger partial charge >= 0.3 is 0 Å². The zero-order valence-corrected chi connectivity index (χ0v) is 22.0. The molecule has 2 amide bonds. The molecule has 38 heavy (non-hydrogen) atoms. The van der Waals surface area contributed by atoms with Crippen molar-refractivity contribution in [1.29, 1.82) is 0 Å². The van der Waals surface area contributed by atoms with E-state index in [0.717, 1.165) is 12.8 Å². The Bertz CT molecular complexity index is 1590. The molecule has 0 bridgehead atoms. The van der Waals surface area contributed by atoms with Gasteiger partial charge in [-0.1, -0.05) is 11.2 Å². The van der Waals surface area contributed by atoms with Gasteiger partial charge in [-0.15, -0.1) is 0 Å². The Balaban J connectivity index is 1.60. The van der Waals surface area contributed by atoms with E-state index in [1.165, 1.54) is 6.07 Å². The van der Waals surface area contributed by atoms with Crippen molar-refractivity contribution in [1.82, 2.24) is 14.6 Å². The lowest BCUT2D eigenvalue weighted by atomic mass is 9.96. The van der Waals surface area contributed by atoms with Crippen LogP contribution in [0.4, 0.5) is 4.39 Å². The van der Waals surface area contributed by atoms with Gasteiger partial charge < -0.3 is 24.5 Å². The number of rotatable bonds is 5. The van der Waals surface area contributed by atoms with Crippen molar-refractivity contribution in [3.05, 3.63) is 52.7 Å². The summed E-state index contributed by atoms with van der Waals surface area (Å²) in [5.41, 5.74) is 9.07. The van der Waals surface area contributed by atoms with Crippen LogP contribution in [0.3, 0.4) is 0 Å². The van der Waals surface area contributed by atoms with Gasteiger partial charge in [-0.25, -0.2) is 4.39 Å². The first-order valence-corrected chi connectivity index (χ1v) is 13.1. The van der Waals surface area contributed by atoms with Crippen molar-refractivity contribution in [2.75, 3.05) is 13.1 Å². The Morgan fingerprint density at radius 1 is 1.13 bits per heavy atom. The van der Waals surface area contributed by atoms with Gasteiger partial charge in [0, 0.05) is 41.5 Å². The van der Waals surface area contributed by atoms with Crippen LogP contribution in [-0.2, 0) is 11.3 Å². The molecule has 1 aliphatic heterocycles. The van der Waals surface area contributed by atoms with Crippen molar-refractivity contribution in [3.8, 4) is 11.1 Å². The minimum Gasteiger partial charge on any atom is -0.372 e. The van der Waals surface area contributed by atoms with Crippen molar-refractivity contribution in [2.45, 2.75) is 59.3 Å². The van der Waals surface area contributed by atoms with Gasteiger partial charge in [0.05, 0.1) is 40.1 Å². The van der Waals surface area contributed by atoms with Gasteiger partial charge in [0.25, 0.3) is 11.8 Å². The van der Waals surface area contributed by atoms with Crippen LogP contribution in [0.2, 0.25) is 0 Å². The highest BCUT2D eigenvalue weighted by molar-refractivity contribution is 6.18. The van der Waals surface area contributed by atoms with Crippen molar-refractivity contribution < 1.29 is 23.2 Å². The van der Waals surface area contributed by atoms with E-state index in [2.05, 4.69) is 5.16 Å². The van der Waals surface area contributed by atoms with E-state index in [9.17, 15) is 9.59 Å². The van der Waals surface area contributed by atoms with E-state index < -0.39 is 11.7 Å². The zero-order valence-electron chi connectivity index (χ0n) is 22.0. The summed E-state index contributed by atoms with van der Waals surface area (Å²) in [4.78, 5) is 28.1. The van der Waals surface area contributed by atoms with Gasteiger partial charge in [0.15, 0.2) is 0 Å². The third kappa shape index (κ3) is 3.96. The molecule has 0 spiro atoms. The molecular weight excluding hydrogens is 487 g/mol. The summed E-state index contributed by atoms with van der Waals surface area (Å²) in [6.45, 7) is 8.99. The van der Waals surface area contributed by atoms with E-state index in [4.69, 9.17) is 15.0 Å². The van der Waals surface area contributed by atoms with Crippen molar-refractivity contribution in [2.24, 2.45) is 11.7 Å². The normalized spacial score (nSPS) is 20.0. The maximum Gasteiger partial charge on any atom is 0.254 e. The molecule has 1 aliphatic carbocycles. The highest BCUT2D eigenvalue weighted by Gasteiger charge is 2.31. The SMILES string of the molecule is Cc1noc(C)c1-c1cc(C(N)=O)c2c(c1F)c1ccc(C(=O)N3CC(C)OC(C)C3)cc1n2CC1CC1. The topological polar surface area (TPSA) is 104 Å². The monoisotopic (exact) mass is 518 g/mol. The van der Waals surface area contributed by atoms with Gasteiger partial charge in [0.2, 0.25) is 0 Å². The van der Waals surface area contributed by atoms with Crippen LogP contribution in [0, 0.1) is 25.6 Å². The number of aromatic nitrogens is 2. The van der Waals surface area contributed by atoms with E-state index >= 15 is 4.39 Å². The summed E-state index contributed by atoms with van der Waals surface area (Å²) in [6, 6.07) is 6.86. The number of halogens is 1. The highest BCUT2D eigenvalue weighted by atomic mass is 19.1. The molecule has 2 aromatic carbocycles. The van der Waals surface area contributed by atoms with Gasteiger partial charge in [-0.2, -0.15) is 0 Å². The number of benzene rings is 2. The number of fused-ring (bicyclic) bond motifs is 3. The fraction of sp³-hybridized carbons (Fsp3) is 0.414. The van der Waals surface area contributed by atoms with Crippen LogP contribution in [-0.4, -0.2) is 51.7 Å². The largest absolute Gasteiger partial charge is 0.372 e. The second kappa shape index (κ2) is 8.94. The molecule has 1 saturated heterocycles. The summed E-state index contributed by atoms with van der Waals surface area (Å²) in [6.07, 6.45) is 2.02. The van der Waals surface area contributed by atoms with E-state index in [0.29, 0.717) is 69.9 Å². The Morgan fingerprint density at radius 2 is 1.84 bits per heavy atom. The number of morpholine rings is 1. The van der Waals surface area contributed by atoms with Crippen LogP contribution in [0.15, 0.2) is 28.8 Å². The molecular formula is C29H31FN4O4. The number of hydrogen-bond donors (Lipinski definition) is 1. The predicted molar refractivity (Wildman–Crippen MR) is 142 cm³/mol. The molecule has 2 unspecified atom stereocenters. The van der Waals surface area contributed by atoms with Gasteiger partial charge in [-0.3, -0.25) is 9.59 Å². The molecule has 0 radical (unpaired) electrons. The van der Waals surface area contributed by atoms with Crippen LogP contribution in [0.1, 0.15) is 58.9 Å². The lowest BCUT2D eigenvalue weighted by molar-refractivity contribution is -0.0586. The second-order valence-corrected chi connectivity index (χ2v) is 10.8. The molecule has 6 rings (SSSR count). The number of carbonyl (C=O) groups excluding carboxylic acids is 2. The fourth-order valence-electron chi connectivity index (χ4n) is 5.91. The molecule has 4 aromatic rings. The van der Waals surface area contributed by atoms with Gasteiger partial charge in [0.1, 0.15) is 11.6 Å². The zero-order chi connectivity index (χ0) is 26.9. The number of nitrogens with zero attached hydrogens (tertiary/aromatic N) is 3. The van der Waals surface area contributed by atoms with E-state index in [1.54, 1.807) is 30.9 Å². The number of hydrogen-bond acceptors (Lipinski definition) is 5. The highest BCUT2D eigenvalue weighted by Crippen LogP contribution is 2.42. The molecule has 2 atom stereocenters. The predicted octanol–water partition coefficient (Wildman–Crippen LogP) is 4.96. The minimum atomic E-state index is -0.643. The number of aryl methyl sites for hydroxylation is 2. The van der Waals surface area contributed by atoms with Gasteiger partial charge in [-0.05, 0) is 64.7 Å². The first-order valence-electron chi connectivity index (χ1n) is 13.1. The molecule has 9 heteroatoms. The first kappa shape index (κ1) is 24.6. The molecule has 1 saturated carbocycles. The first-order chi connectivity index (χ1) is 18.1. The molecule has 198 valence electrons. The number of carbonyl (C=O) groups is 2. The third-order valence-corrected chi connectivity index (χ3v) is 7.72. The summed E-state index contributed by atoms with van der Waals surface area (Å²) in [5.74, 6) is -0.312. The Kier molecular flexibility index (Phi) is 5.79. The smallest absolute Gasteiger partial charge is 0.254 e. The Morgan fingerprint density at radius 3 is 2.45 bits per heavy atom. The maximum absolute atomic E-state index is 16.4. The molecule has 8 nitrogen and oxygen atoms in total. The lowest BCUT2D eigenvalue weighted by Crippen LogP contribution is -2.48. The average molecular weight is 519 g/mol. The van der Waals surface area contributed by atoms with E-state index in [1.807, 2.05) is 24.5 Å². The second-order valence-electron chi connectivity index (χ2n) is 10.8. The van der Waals surface area contributed by atoms with Crippen LogP contribution in [0.5, 0.6) is 0 Å². The van der Waals surface area contributed by atoms with Crippen LogP contribution in [0.25, 0.3) is 32.9 Å². The summed E-state index contributed by atoms with van der Waals surface area (Å²) < 4.78 is 29.5. The standard InChI is InChI=1S/C29H31FN4O4/c1-14-11-33(12-15(2)37-14)29(36)19-7-8-20-23(9-19)34(13-18-5-6-18)27-22(28(31)35)10-21(26(30)25(20)27)24-16(3)32-38-17(24)4/h7-10,14-15,18H,5-6,11-13H2,1-4H3,(H2,31,35). The van der Waals surface area contributed by atoms with Crippen molar-refractivity contribution >= 4 is 33.6 Å². The number of ether oxygens (including phenoxy) is 1. The average Bonchev–Trinajstić information content (AvgIpc) is 3.56. The van der Waals surface area contributed by atoms with E-state index in [-0.39, 0.29) is 29.2 Å². The molecule has 2 fully saturated rings. The minimum absolute atomic E-state index is 0.0530. The third-order valence-electron chi connectivity index (χ3n) is 7.72. The number of nitrogens with two attached hydrogens (primary N) is 1. The molecule has 2 aliphatic rings. The molecule has 2 N–H and O–H groups in total. The lowest BCUT2D eigenvalue weighted by Gasteiger charge is -2.35. The fourth-order valence-corrected chi connectivity index (χ4v) is 5.91. The quantitative estimate of drug-likeness (QED) is 0.402. The van der Waals surface area contributed by atoms with Crippen molar-refractivity contribution in [3.63, 3.8) is 0 Å².